The van der Waals surface area contributed by atoms with Crippen LogP contribution in [0.3, 0.4) is 0 Å². The largest absolute Gasteiger partial charge is 0.487 e. The first-order chi connectivity index (χ1) is 17.4. The van der Waals surface area contributed by atoms with Gasteiger partial charge >= 0.3 is 0 Å². The van der Waals surface area contributed by atoms with E-state index in [1.165, 1.54) is 0 Å². The van der Waals surface area contributed by atoms with Crippen molar-refractivity contribution in [2.24, 2.45) is 5.10 Å². The van der Waals surface area contributed by atoms with E-state index in [9.17, 15) is 9.90 Å². The van der Waals surface area contributed by atoms with E-state index in [0.717, 1.165) is 24.0 Å². The molecule has 0 atom stereocenters. The highest BCUT2D eigenvalue weighted by molar-refractivity contribution is 14.1. The lowest BCUT2D eigenvalue weighted by Gasteiger charge is -2.27. The molecule has 182 valence electrons. The number of hydrogen-bond donors (Lipinski definition) is 2. The monoisotopic (exact) mass is 722 g/mol. The van der Waals surface area contributed by atoms with Crippen molar-refractivity contribution in [1.29, 1.82) is 0 Å². The van der Waals surface area contributed by atoms with Gasteiger partial charge in [-0.2, -0.15) is 5.10 Å². The highest BCUT2D eigenvalue weighted by atomic mass is 127. The Morgan fingerprint density at radius 3 is 1.97 bits per heavy atom. The zero-order valence-corrected chi connectivity index (χ0v) is 23.9. The smallest absolute Gasteiger partial charge is 0.281 e. The average molecular weight is 723 g/mol. The molecule has 0 aliphatic rings. The van der Waals surface area contributed by atoms with Crippen LogP contribution in [0.2, 0.25) is 5.02 Å². The average Bonchev–Trinajstić information content (AvgIpc) is 2.89. The first-order valence-corrected chi connectivity index (χ1v) is 13.4. The zero-order valence-electron chi connectivity index (χ0n) is 18.9. The molecule has 4 aromatic carbocycles. The normalized spacial score (nSPS) is 11.4. The molecular formula is C28H21ClI2N2O3. The van der Waals surface area contributed by atoms with Crippen molar-refractivity contribution >= 4 is 68.9 Å². The van der Waals surface area contributed by atoms with Gasteiger partial charge in [0.2, 0.25) is 0 Å². The molecule has 0 fully saturated rings. The number of aliphatic hydroxyl groups is 1. The molecule has 5 nitrogen and oxygen atoms in total. The van der Waals surface area contributed by atoms with E-state index in [-0.39, 0.29) is 0 Å². The van der Waals surface area contributed by atoms with Crippen molar-refractivity contribution in [3.8, 4) is 5.75 Å². The standard InChI is InChI=1S/C28H21ClI2N2O3/c29-23-13-11-19(12-14-23)18-36-26-24(30)15-20(16-25(26)31)17-32-33-27(34)28(35,21-7-3-1-4-8-21)22-9-5-2-6-10-22/h1-17,35H,18H2,(H,33,34)/b32-17+. The van der Waals surface area contributed by atoms with Crippen LogP contribution >= 0.6 is 56.8 Å². The molecule has 0 unspecified atom stereocenters. The first kappa shape index (κ1) is 26.6. The van der Waals surface area contributed by atoms with E-state index in [4.69, 9.17) is 16.3 Å². The number of rotatable bonds is 8. The maximum atomic E-state index is 13.2. The van der Waals surface area contributed by atoms with Gasteiger partial charge in [0.1, 0.15) is 12.4 Å². The molecule has 1 amide bonds. The third-order valence-electron chi connectivity index (χ3n) is 5.41. The Bertz CT molecular complexity index is 1300. The third-order valence-corrected chi connectivity index (χ3v) is 7.26. The fourth-order valence-corrected chi connectivity index (χ4v) is 5.82. The number of ether oxygens (including phenoxy) is 1. The predicted octanol–water partition coefficient (Wildman–Crippen LogP) is 6.51. The van der Waals surface area contributed by atoms with E-state index >= 15 is 0 Å². The van der Waals surface area contributed by atoms with E-state index in [1.807, 2.05) is 48.5 Å². The highest BCUT2D eigenvalue weighted by Crippen LogP contribution is 2.31. The second-order valence-corrected chi connectivity index (χ2v) is 10.6. The second-order valence-electron chi connectivity index (χ2n) is 7.87. The Labute approximate surface area is 241 Å². The van der Waals surface area contributed by atoms with Gasteiger partial charge in [-0.15, -0.1) is 0 Å². The Morgan fingerprint density at radius 2 is 1.44 bits per heavy atom. The van der Waals surface area contributed by atoms with Crippen molar-refractivity contribution in [3.63, 3.8) is 0 Å². The summed E-state index contributed by atoms with van der Waals surface area (Å²) >= 11 is 10.4. The molecule has 4 rings (SSSR count). The number of carbonyl (C=O) groups is 1. The number of carbonyl (C=O) groups excluding carboxylic acids is 1. The summed E-state index contributed by atoms with van der Waals surface area (Å²) in [7, 11) is 0. The van der Waals surface area contributed by atoms with Gasteiger partial charge in [-0.25, -0.2) is 5.43 Å². The van der Waals surface area contributed by atoms with E-state index < -0.39 is 11.5 Å². The van der Waals surface area contributed by atoms with Gasteiger partial charge in [0.25, 0.3) is 5.91 Å². The summed E-state index contributed by atoms with van der Waals surface area (Å²) in [5, 5.41) is 16.3. The van der Waals surface area contributed by atoms with Crippen LogP contribution in [0.1, 0.15) is 22.3 Å². The van der Waals surface area contributed by atoms with Crippen LogP contribution in [0, 0.1) is 7.14 Å². The molecule has 4 aromatic rings. The molecule has 0 heterocycles. The van der Waals surface area contributed by atoms with Crippen LogP contribution in [0.5, 0.6) is 5.75 Å². The van der Waals surface area contributed by atoms with Gasteiger partial charge in [-0.3, -0.25) is 4.79 Å². The van der Waals surface area contributed by atoms with Crippen molar-refractivity contribution in [2.75, 3.05) is 0 Å². The Hall–Kier alpha value is -2.47. The number of nitrogens with zero attached hydrogens (tertiary/aromatic N) is 1. The molecule has 0 spiro atoms. The van der Waals surface area contributed by atoms with E-state index in [0.29, 0.717) is 22.8 Å². The molecule has 0 saturated heterocycles. The number of hydrogen-bond acceptors (Lipinski definition) is 4. The van der Waals surface area contributed by atoms with Crippen molar-refractivity contribution < 1.29 is 14.6 Å². The number of hydrazone groups is 1. The molecule has 0 radical (unpaired) electrons. The van der Waals surface area contributed by atoms with Crippen LogP contribution in [0.4, 0.5) is 0 Å². The Morgan fingerprint density at radius 1 is 0.917 bits per heavy atom. The fraction of sp³-hybridized carbons (Fsp3) is 0.0714. The van der Waals surface area contributed by atoms with Gasteiger partial charge in [-0.05, 0) is 91.7 Å². The highest BCUT2D eigenvalue weighted by Gasteiger charge is 2.39. The molecule has 8 heteroatoms. The van der Waals surface area contributed by atoms with Crippen LogP contribution in [-0.4, -0.2) is 17.2 Å². The molecular weight excluding hydrogens is 702 g/mol. The zero-order chi connectivity index (χ0) is 25.5. The Kier molecular flexibility index (Phi) is 9.00. The summed E-state index contributed by atoms with van der Waals surface area (Å²) < 4.78 is 7.85. The quantitative estimate of drug-likeness (QED) is 0.124. The van der Waals surface area contributed by atoms with Gasteiger partial charge in [0.05, 0.1) is 13.4 Å². The first-order valence-electron chi connectivity index (χ1n) is 10.9. The van der Waals surface area contributed by atoms with Gasteiger partial charge < -0.3 is 9.84 Å². The summed E-state index contributed by atoms with van der Waals surface area (Å²) in [6, 6.07) is 29.0. The van der Waals surface area contributed by atoms with Crippen LogP contribution < -0.4 is 10.2 Å². The van der Waals surface area contributed by atoms with E-state index in [2.05, 4.69) is 55.7 Å². The molecule has 0 saturated carbocycles. The van der Waals surface area contributed by atoms with Gasteiger partial charge in [0, 0.05) is 5.02 Å². The summed E-state index contributed by atoms with van der Waals surface area (Å²) in [5.41, 5.74) is 3.33. The van der Waals surface area contributed by atoms with Crippen LogP contribution in [0.15, 0.2) is 102 Å². The number of nitrogens with one attached hydrogen (secondary N) is 1. The lowest BCUT2D eigenvalue weighted by atomic mass is 9.85. The predicted molar refractivity (Wildman–Crippen MR) is 159 cm³/mol. The second kappa shape index (κ2) is 12.2. The maximum Gasteiger partial charge on any atom is 0.281 e. The number of benzene rings is 4. The summed E-state index contributed by atoms with van der Waals surface area (Å²) in [4.78, 5) is 13.2. The summed E-state index contributed by atoms with van der Waals surface area (Å²) in [6.45, 7) is 0.421. The van der Waals surface area contributed by atoms with Gasteiger partial charge in [-0.1, -0.05) is 84.4 Å². The minimum absolute atomic E-state index is 0.421. The molecule has 0 aliphatic heterocycles. The van der Waals surface area contributed by atoms with Crippen LogP contribution in [-0.2, 0) is 17.0 Å². The number of amides is 1. The van der Waals surface area contributed by atoms with Crippen molar-refractivity contribution in [3.05, 3.63) is 131 Å². The lowest BCUT2D eigenvalue weighted by Crippen LogP contribution is -2.43. The SMILES string of the molecule is O=C(N/N=C/c1cc(I)c(OCc2ccc(Cl)cc2)c(I)c1)C(O)(c1ccccc1)c1ccccc1. The molecule has 0 aliphatic carbocycles. The fourth-order valence-electron chi connectivity index (χ4n) is 3.56. The summed E-state index contributed by atoms with van der Waals surface area (Å²) in [5.74, 6) is 0.123. The topological polar surface area (TPSA) is 70.9 Å². The van der Waals surface area contributed by atoms with Crippen molar-refractivity contribution in [2.45, 2.75) is 12.2 Å². The minimum atomic E-state index is -1.89. The van der Waals surface area contributed by atoms with E-state index in [1.54, 1.807) is 54.7 Å². The maximum absolute atomic E-state index is 13.2. The third kappa shape index (κ3) is 6.26. The van der Waals surface area contributed by atoms with Crippen molar-refractivity contribution in [1.82, 2.24) is 5.43 Å². The van der Waals surface area contributed by atoms with Crippen LogP contribution in [0.25, 0.3) is 0 Å². The molecule has 2 N–H and O–H groups in total. The summed E-state index contributed by atoms with van der Waals surface area (Å²) in [6.07, 6.45) is 1.54. The number of halogens is 3. The Balaban J connectivity index is 1.49. The molecule has 0 bridgehead atoms. The molecule has 0 aromatic heterocycles. The molecule has 36 heavy (non-hydrogen) atoms. The lowest BCUT2D eigenvalue weighted by molar-refractivity contribution is -0.136. The van der Waals surface area contributed by atoms with Gasteiger partial charge in [0.15, 0.2) is 5.60 Å². The minimum Gasteiger partial charge on any atom is -0.487 e.